The summed E-state index contributed by atoms with van der Waals surface area (Å²) >= 11 is 0. The van der Waals surface area contributed by atoms with Gasteiger partial charge in [-0.3, -0.25) is 19.8 Å². The lowest BCUT2D eigenvalue weighted by atomic mass is 9.96. The van der Waals surface area contributed by atoms with Crippen molar-refractivity contribution in [2.24, 2.45) is 4.99 Å². The van der Waals surface area contributed by atoms with Gasteiger partial charge in [0.05, 0.1) is 18.0 Å². The Morgan fingerprint density at radius 2 is 2.03 bits per heavy atom. The Labute approximate surface area is 183 Å². The summed E-state index contributed by atoms with van der Waals surface area (Å²) in [5.74, 6) is -0.202. The lowest BCUT2D eigenvalue weighted by Gasteiger charge is -2.09. The number of nitrogens with one attached hydrogen (secondary N) is 4. The molecule has 4 N–H and O–H groups in total. The van der Waals surface area contributed by atoms with Crippen molar-refractivity contribution in [1.29, 1.82) is 0 Å². The number of H-pyrrole nitrogens is 2. The number of amides is 2. The van der Waals surface area contributed by atoms with Crippen LogP contribution < -0.4 is 10.6 Å². The van der Waals surface area contributed by atoms with Gasteiger partial charge in [-0.05, 0) is 41.3 Å². The number of nitrogens with zero attached hydrogens (tertiary/aromatic N) is 3. The molecule has 4 aromatic rings. The van der Waals surface area contributed by atoms with Crippen LogP contribution in [0.4, 0.5) is 17.2 Å². The third kappa shape index (κ3) is 4.04. The molecule has 1 aliphatic heterocycles. The van der Waals surface area contributed by atoms with Gasteiger partial charge in [0.25, 0.3) is 5.91 Å². The zero-order chi connectivity index (χ0) is 21.9. The van der Waals surface area contributed by atoms with E-state index in [0.29, 0.717) is 23.5 Å². The SMILES string of the molecule is O=C(Nc1cccc(Cc2ccc3c(c2)C(C=Nc2ccn[nH]2)C(=O)N3)c1)c1cn[nH]c1. The van der Waals surface area contributed by atoms with Gasteiger partial charge in [0, 0.05) is 29.9 Å². The number of aliphatic imine (C=N–C) groups is 1. The van der Waals surface area contributed by atoms with Gasteiger partial charge in [-0.2, -0.15) is 10.2 Å². The largest absolute Gasteiger partial charge is 0.325 e. The zero-order valence-electron chi connectivity index (χ0n) is 16.9. The molecule has 1 atom stereocenters. The minimum atomic E-state index is -0.464. The number of carbonyl (C=O) groups is 2. The van der Waals surface area contributed by atoms with Crippen LogP contribution in [0.2, 0.25) is 0 Å². The van der Waals surface area contributed by atoms with Crippen LogP contribution in [0.3, 0.4) is 0 Å². The maximum atomic E-state index is 12.4. The van der Waals surface area contributed by atoms with Crippen LogP contribution in [0, 0.1) is 0 Å². The van der Waals surface area contributed by atoms with Crippen LogP contribution in [0.5, 0.6) is 0 Å². The van der Waals surface area contributed by atoms with Crippen molar-refractivity contribution in [2.75, 3.05) is 10.6 Å². The van der Waals surface area contributed by atoms with Crippen molar-refractivity contribution >= 4 is 35.2 Å². The quantitative estimate of drug-likeness (QED) is 0.353. The van der Waals surface area contributed by atoms with E-state index in [-0.39, 0.29) is 11.8 Å². The van der Waals surface area contributed by atoms with Crippen molar-refractivity contribution in [2.45, 2.75) is 12.3 Å². The standard InChI is InChI=1S/C23H19N7O2/c31-22(16-11-26-27-12-16)28-17-3-1-2-14(9-17)8-15-4-5-20-18(10-15)19(23(32)29-20)13-24-21-6-7-25-30-21/h1-7,9-13,19H,8H2,(H,25,30)(H,26,27)(H,28,31)(H,29,32). The van der Waals surface area contributed by atoms with Crippen LogP contribution in [-0.2, 0) is 11.2 Å². The van der Waals surface area contributed by atoms with Gasteiger partial charge in [0.1, 0.15) is 11.7 Å². The first-order valence-electron chi connectivity index (χ1n) is 10.0. The van der Waals surface area contributed by atoms with E-state index in [4.69, 9.17) is 0 Å². The molecule has 158 valence electrons. The molecule has 9 nitrogen and oxygen atoms in total. The van der Waals surface area contributed by atoms with E-state index in [1.807, 2.05) is 42.5 Å². The van der Waals surface area contributed by atoms with Gasteiger partial charge in [-0.25, -0.2) is 4.99 Å². The molecule has 0 radical (unpaired) electrons. The highest BCUT2D eigenvalue weighted by atomic mass is 16.2. The average molecular weight is 425 g/mol. The molecule has 3 heterocycles. The summed E-state index contributed by atoms with van der Waals surface area (Å²) in [6, 6.07) is 15.3. The van der Waals surface area contributed by atoms with Gasteiger partial charge < -0.3 is 10.6 Å². The number of aromatic amines is 2. The molecule has 0 fully saturated rings. The average Bonchev–Trinajstić information content (AvgIpc) is 3.54. The normalized spacial score (nSPS) is 15.0. The smallest absolute Gasteiger partial charge is 0.258 e. The van der Waals surface area contributed by atoms with E-state index in [1.54, 1.807) is 24.7 Å². The van der Waals surface area contributed by atoms with Crippen molar-refractivity contribution in [3.8, 4) is 0 Å². The van der Waals surface area contributed by atoms with Crippen LogP contribution in [0.15, 0.2) is 72.1 Å². The van der Waals surface area contributed by atoms with Gasteiger partial charge in [0.15, 0.2) is 0 Å². The maximum Gasteiger partial charge on any atom is 0.258 e. The molecule has 9 heteroatoms. The van der Waals surface area contributed by atoms with Gasteiger partial charge in [-0.1, -0.05) is 24.3 Å². The summed E-state index contributed by atoms with van der Waals surface area (Å²) in [5.41, 5.74) is 4.94. The molecule has 2 aromatic carbocycles. The fourth-order valence-electron chi connectivity index (χ4n) is 3.64. The first-order chi connectivity index (χ1) is 15.7. The second kappa shape index (κ2) is 8.31. The number of hydrogen-bond acceptors (Lipinski definition) is 5. The van der Waals surface area contributed by atoms with Crippen molar-refractivity contribution in [1.82, 2.24) is 20.4 Å². The minimum absolute atomic E-state index is 0.107. The second-order valence-corrected chi connectivity index (χ2v) is 7.43. The molecule has 0 saturated carbocycles. The summed E-state index contributed by atoms with van der Waals surface area (Å²) in [7, 11) is 0. The predicted octanol–water partition coefficient (Wildman–Crippen LogP) is 3.41. The summed E-state index contributed by atoms with van der Waals surface area (Å²) in [5, 5.41) is 18.8. The fraction of sp³-hybridized carbons (Fsp3) is 0.0870. The highest BCUT2D eigenvalue weighted by molar-refractivity contribution is 6.12. The van der Waals surface area contributed by atoms with E-state index in [2.05, 4.69) is 36.0 Å². The lowest BCUT2D eigenvalue weighted by molar-refractivity contribution is -0.115. The Morgan fingerprint density at radius 3 is 2.84 bits per heavy atom. The van der Waals surface area contributed by atoms with E-state index >= 15 is 0 Å². The van der Waals surface area contributed by atoms with Crippen LogP contribution in [-0.4, -0.2) is 38.4 Å². The number of anilines is 2. The molecule has 1 aliphatic rings. The highest BCUT2D eigenvalue weighted by Crippen LogP contribution is 2.33. The Hall–Kier alpha value is -4.53. The van der Waals surface area contributed by atoms with E-state index in [1.165, 1.54) is 6.20 Å². The molecule has 2 amide bonds. The molecule has 2 aromatic heterocycles. The van der Waals surface area contributed by atoms with Crippen molar-refractivity contribution < 1.29 is 9.59 Å². The monoisotopic (exact) mass is 425 g/mol. The lowest BCUT2D eigenvalue weighted by Crippen LogP contribution is -2.12. The van der Waals surface area contributed by atoms with Crippen molar-refractivity contribution in [3.05, 3.63) is 89.4 Å². The molecule has 0 aliphatic carbocycles. The molecular formula is C23H19N7O2. The number of fused-ring (bicyclic) bond motifs is 1. The minimum Gasteiger partial charge on any atom is -0.325 e. The highest BCUT2D eigenvalue weighted by Gasteiger charge is 2.29. The molecule has 32 heavy (non-hydrogen) atoms. The van der Waals surface area contributed by atoms with Crippen LogP contribution in [0.25, 0.3) is 0 Å². The van der Waals surface area contributed by atoms with Gasteiger partial charge in [-0.15, -0.1) is 0 Å². The Morgan fingerprint density at radius 1 is 1.12 bits per heavy atom. The van der Waals surface area contributed by atoms with Gasteiger partial charge >= 0.3 is 0 Å². The van der Waals surface area contributed by atoms with E-state index < -0.39 is 5.92 Å². The third-order valence-corrected chi connectivity index (χ3v) is 5.19. The molecule has 0 bridgehead atoms. The van der Waals surface area contributed by atoms with Gasteiger partial charge in [0.2, 0.25) is 5.91 Å². The van der Waals surface area contributed by atoms with E-state index in [9.17, 15) is 9.59 Å². The first-order valence-corrected chi connectivity index (χ1v) is 10.0. The molecular weight excluding hydrogens is 406 g/mol. The first kappa shape index (κ1) is 19.4. The molecule has 0 saturated heterocycles. The Balaban J connectivity index is 1.34. The molecule has 5 rings (SSSR count). The second-order valence-electron chi connectivity index (χ2n) is 7.43. The number of aromatic nitrogens is 4. The number of benzene rings is 2. The molecule has 1 unspecified atom stereocenters. The number of rotatable bonds is 6. The van der Waals surface area contributed by atoms with Crippen LogP contribution >= 0.6 is 0 Å². The summed E-state index contributed by atoms with van der Waals surface area (Å²) in [4.78, 5) is 29.0. The fourth-order valence-corrected chi connectivity index (χ4v) is 3.64. The topological polar surface area (TPSA) is 128 Å². The third-order valence-electron chi connectivity index (χ3n) is 5.19. The molecule has 0 spiro atoms. The number of carbonyl (C=O) groups excluding carboxylic acids is 2. The predicted molar refractivity (Wildman–Crippen MR) is 120 cm³/mol. The zero-order valence-corrected chi connectivity index (χ0v) is 16.9. The van der Waals surface area contributed by atoms with Crippen molar-refractivity contribution in [3.63, 3.8) is 0 Å². The maximum absolute atomic E-state index is 12.4. The van der Waals surface area contributed by atoms with Crippen LogP contribution in [0.1, 0.15) is 33.0 Å². The Kier molecular flexibility index (Phi) is 5.04. The van der Waals surface area contributed by atoms with E-state index in [0.717, 1.165) is 22.4 Å². The summed E-state index contributed by atoms with van der Waals surface area (Å²) in [6.07, 6.45) is 6.92. The summed E-state index contributed by atoms with van der Waals surface area (Å²) < 4.78 is 0. The number of hydrogen-bond donors (Lipinski definition) is 4. The Bertz CT molecular complexity index is 1290. The summed E-state index contributed by atoms with van der Waals surface area (Å²) in [6.45, 7) is 0.